The molecule has 0 saturated heterocycles. The molecule has 0 spiro atoms. The Kier molecular flexibility index (Phi) is 5.51. The van der Waals surface area contributed by atoms with E-state index in [0.717, 1.165) is 23.8 Å². The highest BCUT2D eigenvalue weighted by Gasteiger charge is 2.30. The van der Waals surface area contributed by atoms with Crippen LogP contribution < -0.4 is 15.6 Å². The summed E-state index contributed by atoms with van der Waals surface area (Å²) in [5, 5.41) is 0.995. The van der Waals surface area contributed by atoms with Gasteiger partial charge in [0.1, 0.15) is 0 Å². The third kappa shape index (κ3) is 5.84. The summed E-state index contributed by atoms with van der Waals surface area (Å²) in [6.07, 6.45) is 3.06. The van der Waals surface area contributed by atoms with Gasteiger partial charge in [0, 0.05) is 11.3 Å². The van der Waals surface area contributed by atoms with Gasteiger partial charge in [0.05, 0.1) is 6.04 Å². The first kappa shape index (κ1) is 17.2. The van der Waals surface area contributed by atoms with E-state index in [1.807, 2.05) is 6.07 Å². The largest absolute Gasteiger partial charge is 0.273 e. The van der Waals surface area contributed by atoms with Crippen molar-refractivity contribution in [3.8, 4) is 0 Å². The lowest BCUT2D eigenvalue weighted by Gasteiger charge is -2.13. The maximum Gasteiger partial charge on any atom is 0.256 e. The number of rotatable bonds is 6. The second kappa shape index (κ2) is 7.38. The van der Waals surface area contributed by atoms with Gasteiger partial charge in [-0.1, -0.05) is 30.3 Å². The van der Waals surface area contributed by atoms with Crippen LogP contribution >= 0.6 is 0 Å². The van der Waals surface area contributed by atoms with Crippen LogP contribution in [0.4, 0.5) is 0 Å². The molecule has 1 fully saturated rings. The molecule has 124 valence electrons. The Morgan fingerprint density at radius 3 is 2.43 bits per heavy atom. The molecular weight excluding hydrogens is 318 g/mol. The molecule has 2 rings (SSSR count). The second-order valence-electron chi connectivity index (χ2n) is 5.35. The van der Waals surface area contributed by atoms with Gasteiger partial charge in [-0.15, -0.1) is 0 Å². The van der Waals surface area contributed by atoms with E-state index in [2.05, 4.69) is 15.6 Å². The number of carbonyl (C=O) groups is 2. The van der Waals surface area contributed by atoms with E-state index in [-0.39, 0.29) is 11.8 Å². The molecule has 0 aliphatic heterocycles. The average molecular weight is 337 g/mol. The van der Waals surface area contributed by atoms with Crippen LogP contribution in [-0.2, 0) is 19.6 Å². The predicted molar refractivity (Wildman–Crippen MR) is 86.0 cm³/mol. The van der Waals surface area contributed by atoms with Crippen LogP contribution in [0.1, 0.15) is 25.3 Å². The molecule has 2 amide bonds. The summed E-state index contributed by atoms with van der Waals surface area (Å²) in [5.74, 6) is -0.927. The molecule has 0 aromatic heterocycles. The Morgan fingerprint density at radius 1 is 1.17 bits per heavy atom. The van der Waals surface area contributed by atoms with Gasteiger partial charge in [-0.2, -0.15) is 4.72 Å². The third-order valence-electron chi connectivity index (χ3n) is 3.23. The quantitative estimate of drug-likeness (QED) is 0.658. The fourth-order valence-electron chi connectivity index (χ4n) is 1.75. The lowest BCUT2D eigenvalue weighted by Crippen LogP contribution is -2.51. The molecule has 1 aliphatic rings. The van der Waals surface area contributed by atoms with Crippen molar-refractivity contribution in [3.05, 3.63) is 41.3 Å². The molecule has 1 saturated carbocycles. The summed E-state index contributed by atoms with van der Waals surface area (Å²) in [6.45, 7) is 1.40. The highest BCUT2D eigenvalue weighted by molar-refractivity contribution is 7.92. The Balaban J connectivity index is 1.84. The molecule has 1 atom stereocenters. The van der Waals surface area contributed by atoms with E-state index >= 15 is 0 Å². The summed E-state index contributed by atoms with van der Waals surface area (Å²) in [4.78, 5) is 23.2. The molecular formula is C15H19N3O4S. The maximum absolute atomic E-state index is 11.9. The lowest BCUT2D eigenvalue weighted by molar-refractivity contribution is -0.130. The fourth-order valence-corrected chi connectivity index (χ4v) is 2.77. The van der Waals surface area contributed by atoms with Crippen LogP contribution in [0.25, 0.3) is 6.08 Å². The molecule has 23 heavy (non-hydrogen) atoms. The summed E-state index contributed by atoms with van der Waals surface area (Å²) < 4.78 is 26.0. The van der Waals surface area contributed by atoms with E-state index < -0.39 is 22.0 Å². The van der Waals surface area contributed by atoms with Gasteiger partial charge < -0.3 is 0 Å². The average Bonchev–Trinajstić information content (AvgIpc) is 3.36. The van der Waals surface area contributed by atoms with Gasteiger partial charge in [0.25, 0.3) is 5.91 Å². The number of hydrazine groups is 1. The van der Waals surface area contributed by atoms with Crippen molar-refractivity contribution in [1.29, 1.82) is 0 Å². The number of carbonyl (C=O) groups excluding carboxylic acids is 2. The van der Waals surface area contributed by atoms with Crippen molar-refractivity contribution in [3.63, 3.8) is 0 Å². The predicted octanol–water partition coefficient (Wildman–Crippen LogP) is 0.523. The number of nitrogens with one attached hydrogen (secondary N) is 3. The van der Waals surface area contributed by atoms with E-state index in [4.69, 9.17) is 0 Å². The first-order chi connectivity index (χ1) is 10.9. The Labute approximate surface area is 135 Å². The third-order valence-corrected chi connectivity index (χ3v) is 4.41. The van der Waals surface area contributed by atoms with Gasteiger partial charge in [0.2, 0.25) is 15.9 Å². The minimum atomic E-state index is -3.77. The van der Waals surface area contributed by atoms with Gasteiger partial charge in [0.15, 0.2) is 0 Å². The van der Waals surface area contributed by atoms with Gasteiger partial charge in [-0.3, -0.25) is 20.4 Å². The number of sulfonamides is 1. The highest BCUT2D eigenvalue weighted by Crippen LogP contribution is 2.28. The molecule has 7 nitrogen and oxygen atoms in total. The van der Waals surface area contributed by atoms with Crippen molar-refractivity contribution in [2.45, 2.75) is 25.8 Å². The summed E-state index contributed by atoms with van der Waals surface area (Å²) in [6, 6.07) is 7.91. The second-order valence-corrected chi connectivity index (χ2v) is 6.95. The first-order valence-electron chi connectivity index (χ1n) is 7.22. The summed E-state index contributed by atoms with van der Waals surface area (Å²) in [7, 11) is -3.77. The minimum absolute atomic E-state index is 0.0453. The zero-order chi connectivity index (χ0) is 16.9. The van der Waals surface area contributed by atoms with Crippen LogP contribution in [0.2, 0.25) is 0 Å². The molecule has 1 aromatic rings. The van der Waals surface area contributed by atoms with Crippen molar-refractivity contribution in [2.24, 2.45) is 5.92 Å². The van der Waals surface area contributed by atoms with E-state index in [0.29, 0.717) is 0 Å². The monoisotopic (exact) mass is 337 g/mol. The van der Waals surface area contributed by atoms with Crippen LogP contribution in [0.15, 0.2) is 35.7 Å². The summed E-state index contributed by atoms with van der Waals surface area (Å²) >= 11 is 0. The standard InChI is InChI=1S/C15H19N3O4S/c1-11(14(19)16-17-15(20)13-7-8-13)18-23(21,22)10-9-12-5-3-2-4-6-12/h2-6,9-11,13,18H,7-8H2,1H3,(H,16,19)(H,17,20)/b10-9+. The topological polar surface area (TPSA) is 104 Å². The Hall–Kier alpha value is -2.19. The Bertz CT molecular complexity index is 697. The molecule has 0 heterocycles. The van der Waals surface area contributed by atoms with Crippen LogP contribution in [0, 0.1) is 5.92 Å². The number of benzene rings is 1. The maximum atomic E-state index is 11.9. The van der Waals surface area contributed by atoms with Crippen LogP contribution in [-0.4, -0.2) is 26.3 Å². The van der Waals surface area contributed by atoms with E-state index in [9.17, 15) is 18.0 Å². The zero-order valence-corrected chi connectivity index (χ0v) is 13.5. The number of hydrogen-bond acceptors (Lipinski definition) is 4. The van der Waals surface area contributed by atoms with Crippen LogP contribution in [0.5, 0.6) is 0 Å². The molecule has 1 aliphatic carbocycles. The van der Waals surface area contributed by atoms with Gasteiger partial charge in [-0.25, -0.2) is 8.42 Å². The van der Waals surface area contributed by atoms with Crippen molar-refractivity contribution >= 4 is 27.9 Å². The molecule has 8 heteroatoms. The molecule has 1 unspecified atom stereocenters. The highest BCUT2D eigenvalue weighted by atomic mass is 32.2. The van der Waals surface area contributed by atoms with E-state index in [1.54, 1.807) is 24.3 Å². The van der Waals surface area contributed by atoms with Crippen molar-refractivity contribution < 1.29 is 18.0 Å². The van der Waals surface area contributed by atoms with Crippen LogP contribution in [0.3, 0.4) is 0 Å². The Morgan fingerprint density at radius 2 is 1.83 bits per heavy atom. The van der Waals surface area contributed by atoms with Crippen molar-refractivity contribution in [1.82, 2.24) is 15.6 Å². The first-order valence-corrected chi connectivity index (χ1v) is 8.77. The minimum Gasteiger partial charge on any atom is -0.273 e. The molecule has 0 radical (unpaired) electrons. The molecule has 3 N–H and O–H groups in total. The van der Waals surface area contributed by atoms with Gasteiger partial charge in [-0.05, 0) is 31.4 Å². The summed E-state index contributed by atoms with van der Waals surface area (Å²) in [5.41, 5.74) is 5.22. The van der Waals surface area contributed by atoms with Gasteiger partial charge >= 0.3 is 0 Å². The molecule has 1 aromatic carbocycles. The lowest BCUT2D eigenvalue weighted by atomic mass is 10.2. The normalized spacial score (nSPS) is 16.0. The number of hydrogen-bond donors (Lipinski definition) is 3. The fraction of sp³-hybridized carbons (Fsp3) is 0.333. The van der Waals surface area contributed by atoms with Crippen molar-refractivity contribution in [2.75, 3.05) is 0 Å². The smallest absolute Gasteiger partial charge is 0.256 e. The van der Waals surface area contributed by atoms with E-state index in [1.165, 1.54) is 13.0 Å². The SMILES string of the molecule is CC(NS(=O)(=O)/C=C/c1ccccc1)C(=O)NNC(=O)C1CC1. The zero-order valence-electron chi connectivity index (χ0n) is 12.7. The number of amides is 2. The molecule has 0 bridgehead atoms.